The van der Waals surface area contributed by atoms with Crippen molar-refractivity contribution in [1.29, 1.82) is 0 Å². The van der Waals surface area contributed by atoms with E-state index in [4.69, 9.17) is 5.73 Å². The second kappa shape index (κ2) is 5.36. The van der Waals surface area contributed by atoms with Crippen LogP contribution in [0.3, 0.4) is 0 Å². The molecule has 1 N–H and O–H groups in total. The number of amides is 1. The molecule has 0 aromatic heterocycles. The van der Waals surface area contributed by atoms with Gasteiger partial charge in [0.25, 0.3) is 5.91 Å². The summed E-state index contributed by atoms with van der Waals surface area (Å²) in [6, 6.07) is 5.98. The summed E-state index contributed by atoms with van der Waals surface area (Å²) < 4.78 is 0. The third-order valence-corrected chi connectivity index (χ3v) is 2.91. The molecule has 105 valence electrons. The van der Waals surface area contributed by atoms with Gasteiger partial charge in [-0.1, -0.05) is 59.7 Å². The van der Waals surface area contributed by atoms with Crippen molar-refractivity contribution in [2.45, 2.75) is 54.4 Å². The fourth-order valence-corrected chi connectivity index (χ4v) is 2.38. The Morgan fingerprint density at radius 2 is 1.32 bits per heavy atom. The highest BCUT2D eigenvalue weighted by Crippen LogP contribution is 2.28. The normalized spacial score (nSPS) is 12.5. The van der Waals surface area contributed by atoms with Gasteiger partial charge in [0, 0.05) is 5.56 Å². The number of carbonyl (C=O) groups excluding carboxylic acids is 1. The van der Waals surface area contributed by atoms with Crippen LogP contribution in [-0.4, -0.2) is 5.91 Å². The molecule has 0 unspecified atom stereocenters. The van der Waals surface area contributed by atoms with Gasteiger partial charge in [-0.15, -0.1) is 0 Å². The Kier molecular flexibility index (Phi) is 4.44. The van der Waals surface area contributed by atoms with Crippen molar-refractivity contribution in [2.75, 3.05) is 0 Å². The summed E-state index contributed by atoms with van der Waals surface area (Å²) in [6.45, 7) is 12.9. The lowest BCUT2D eigenvalue weighted by Crippen LogP contribution is -2.18. The highest BCUT2D eigenvalue weighted by molar-refractivity contribution is 5.95. The zero-order valence-corrected chi connectivity index (χ0v) is 13.1. The SMILES string of the molecule is CC(C)(C)Cc1cccc(CC(C)(C)C)c1C([NH])=O. The number of benzene rings is 1. The van der Waals surface area contributed by atoms with Crippen molar-refractivity contribution in [2.24, 2.45) is 10.8 Å². The van der Waals surface area contributed by atoms with E-state index in [1.54, 1.807) is 0 Å². The number of carbonyl (C=O) groups is 1. The third kappa shape index (κ3) is 5.06. The summed E-state index contributed by atoms with van der Waals surface area (Å²) in [5.74, 6) is -0.556. The summed E-state index contributed by atoms with van der Waals surface area (Å²) in [5.41, 5.74) is 10.4. The fourth-order valence-electron chi connectivity index (χ4n) is 2.38. The molecule has 0 saturated heterocycles. The predicted octanol–water partition coefficient (Wildman–Crippen LogP) is 4.29. The van der Waals surface area contributed by atoms with Crippen molar-refractivity contribution in [1.82, 2.24) is 5.73 Å². The van der Waals surface area contributed by atoms with Crippen LogP contribution in [0.2, 0.25) is 0 Å². The van der Waals surface area contributed by atoms with E-state index in [0.717, 1.165) is 24.0 Å². The van der Waals surface area contributed by atoms with E-state index >= 15 is 0 Å². The Bertz CT molecular complexity index is 427. The molecule has 0 heterocycles. The average Bonchev–Trinajstić information content (AvgIpc) is 2.11. The number of nitrogens with one attached hydrogen (secondary N) is 1. The van der Waals surface area contributed by atoms with Gasteiger partial charge in [0.05, 0.1) is 0 Å². The molecule has 0 atom stereocenters. The van der Waals surface area contributed by atoms with Crippen LogP contribution in [0.25, 0.3) is 0 Å². The van der Waals surface area contributed by atoms with E-state index in [-0.39, 0.29) is 10.8 Å². The number of rotatable bonds is 3. The number of hydrogen-bond donors (Lipinski definition) is 0. The van der Waals surface area contributed by atoms with Gasteiger partial charge in [-0.3, -0.25) is 10.5 Å². The van der Waals surface area contributed by atoms with Gasteiger partial charge in [0.1, 0.15) is 0 Å². The lowest BCUT2D eigenvalue weighted by molar-refractivity contribution is 0.0989. The maximum Gasteiger partial charge on any atom is 0.270 e. The molecular formula is C17H26NO. The van der Waals surface area contributed by atoms with Gasteiger partial charge >= 0.3 is 0 Å². The first-order chi connectivity index (χ1) is 8.49. The van der Waals surface area contributed by atoms with Gasteiger partial charge in [0.15, 0.2) is 0 Å². The van der Waals surface area contributed by atoms with Crippen LogP contribution in [0.4, 0.5) is 0 Å². The molecule has 0 aliphatic rings. The molecule has 1 rings (SSSR count). The Hall–Kier alpha value is -1.31. The van der Waals surface area contributed by atoms with Crippen molar-refractivity contribution < 1.29 is 4.79 Å². The van der Waals surface area contributed by atoms with Gasteiger partial charge in [-0.2, -0.15) is 0 Å². The first-order valence-electron chi connectivity index (χ1n) is 6.86. The molecule has 0 fully saturated rings. The third-order valence-electron chi connectivity index (χ3n) is 2.91. The minimum absolute atomic E-state index is 0.116. The Balaban J connectivity index is 3.26. The van der Waals surface area contributed by atoms with Crippen LogP contribution in [-0.2, 0) is 12.8 Å². The molecule has 2 heteroatoms. The minimum atomic E-state index is -0.556. The standard InChI is InChI=1S/C17H26NO/c1-16(2,3)10-12-8-7-9-13(11-17(4,5)6)14(12)15(18)19/h7-9,18H,10-11H2,1-6H3. The minimum Gasteiger partial charge on any atom is -0.267 e. The first kappa shape index (κ1) is 15.7. The topological polar surface area (TPSA) is 40.9 Å². The van der Waals surface area contributed by atoms with E-state index in [9.17, 15) is 4.79 Å². The van der Waals surface area contributed by atoms with Gasteiger partial charge in [-0.05, 0) is 34.8 Å². The van der Waals surface area contributed by atoms with Crippen molar-refractivity contribution in [3.8, 4) is 0 Å². The fraction of sp³-hybridized carbons (Fsp3) is 0.588. The van der Waals surface area contributed by atoms with Crippen molar-refractivity contribution in [3.05, 3.63) is 34.9 Å². The maximum absolute atomic E-state index is 11.7. The van der Waals surface area contributed by atoms with E-state index in [1.165, 1.54) is 0 Å². The molecule has 19 heavy (non-hydrogen) atoms. The lowest BCUT2D eigenvalue weighted by Gasteiger charge is -2.24. The van der Waals surface area contributed by atoms with Crippen LogP contribution >= 0.6 is 0 Å². The average molecular weight is 260 g/mol. The van der Waals surface area contributed by atoms with E-state index < -0.39 is 5.91 Å². The van der Waals surface area contributed by atoms with Crippen molar-refractivity contribution >= 4 is 5.91 Å². The first-order valence-corrected chi connectivity index (χ1v) is 6.86. The molecule has 1 amide bonds. The maximum atomic E-state index is 11.7. The molecule has 0 bridgehead atoms. The summed E-state index contributed by atoms with van der Waals surface area (Å²) >= 11 is 0. The summed E-state index contributed by atoms with van der Waals surface area (Å²) in [6.07, 6.45) is 1.65. The van der Waals surface area contributed by atoms with Gasteiger partial charge in [0.2, 0.25) is 0 Å². The van der Waals surface area contributed by atoms with Crippen LogP contribution in [0, 0.1) is 10.8 Å². The van der Waals surface area contributed by atoms with Crippen molar-refractivity contribution in [3.63, 3.8) is 0 Å². The zero-order chi connectivity index (χ0) is 14.8. The van der Waals surface area contributed by atoms with Gasteiger partial charge in [-0.25, -0.2) is 0 Å². The molecule has 2 nitrogen and oxygen atoms in total. The van der Waals surface area contributed by atoms with E-state index in [0.29, 0.717) is 5.56 Å². The molecule has 1 aromatic carbocycles. The van der Waals surface area contributed by atoms with Crippen LogP contribution in [0.15, 0.2) is 18.2 Å². The summed E-state index contributed by atoms with van der Waals surface area (Å²) in [7, 11) is 0. The highest BCUT2D eigenvalue weighted by Gasteiger charge is 2.22. The quantitative estimate of drug-likeness (QED) is 0.799. The smallest absolute Gasteiger partial charge is 0.267 e. The van der Waals surface area contributed by atoms with Crippen LogP contribution in [0.1, 0.15) is 63.0 Å². The molecule has 0 spiro atoms. The van der Waals surface area contributed by atoms with Gasteiger partial charge < -0.3 is 0 Å². The predicted molar refractivity (Wildman–Crippen MR) is 80.2 cm³/mol. The Labute approximate surface area is 117 Å². The Morgan fingerprint density at radius 1 is 0.947 bits per heavy atom. The monoisotopic (exact) mass is 260 g/mol. The molecule has 1 aromatic rings. The van der Waals surface area contributed by atoms with E-state index in [2.05, 4.69) is 41.5 Å². The highest BCUT2D eigenvalue weighted by atomic mass is 16.1. The molecule has 0 saturated carbocycles. The largest absolute Gasteiger partial charge is 0.270 e. The van der Waals surface area contributed by atoms with Crippen LogP contribution in [0.5, 0.6) is 0 Å². The molecule has 0 aliphatic heterocycles. The summed E-state index contributed by atoms with van der Waals surface area (Å²) in [5, 5.41) is 0. The second-order valence-corrected chi connectivity index (χ2v) is 7.76. The Morgan fingerprint density at radius 3 is 1.58 bits per heavy atom. The molecule has 0 aliphatic carbocycles. The summed E-state index contributed by atoms with van der Waals surface area (Å²) in [4.78, 5) is 11.7. The second-order valence-electron chi connectivity index (χ2n) is 7.76. The molecular weight excluding hydrogens is 234 g/mol. The zero-order valence-electron chi connectivity index (χ0n) is 13.1. The van der Waals surface area contributed by atoms with Crippen LogP contribution < -0.4 is 5.73 Å². The van der Waals surface area contributed by atoms with E-state index in [1.807, 2.05) is 18.2 Å². The molecule has 1 radical (unpaired) electrons. The number of hydrogen-bond acceptors (Lipinski definition) is 1. The lowest BCUT2D eigenvalue weighted by atomic mass is 9.81.